The first-order chi connectivity index (χ1) is 8.02. The molecular formula is C12H18N2O3. The van der Waals surface area contributed by atoms with Crippen LogP contribution in [0.5, 0.6) is 0 Å². The van der Waals surface area contributed by atoms with Gasteiger partial charge in [0.25, 0.3) is 0 Å². The smallest absolute Gasteiger partial charge is 0.244 e. The third-order valence-corrected chi connectivity index (χ3v) is 2.80. The highest BCUT2D eigenvalue weighted by Crippen LogP contribution is 2.09. The standard InChI is InChI=1S/C12H18N2O3/c1-8(15)10(9(2)16)7-14-11-5-3-4-6-13-12(11)17/h7,10-11H,3-6H2,1-2H3,(H,13,17)/t11-/m0/s1. The lowest BCUT2D eigenvalue weighted by atomic mass is 10.0. The zero-order valence-corrected chi connectivity index (χ0v) is 10.2. The van der Waals surface area contributed by atoms with Crippen molar-refractivity contribution in [2.45, 2.75) is 39.2 Å². The SMILES string of the molecule is CC(=O)C(C=N[C@H]1CCCCNC1=O)C(C)=O. The van der Waals surface area contributed by atoms with Gasteiger partial charge >= 0.3 is 0 Å². The Morgan fingerprint density at radius 1 is 1.35 bits per heavy atom. The van der Waals surface area contributed by atoms with Gasteiger partial charge in [0.15, 0.2) is 0 Å². The Hall–Kier alpha value is -1.52. The number of carbonyl (C=O) groups excluding carboxylic acids is 3. The summed E-state index contributed by atoms with van der Waals surface area (Å²) in [5, 5.41) is 2.75. The van der Waals surface area contributed by atoms with E-state index in [1.807, 2.05) is 0 Å². The van der Waals surface area contributed by atoms with Crippen LogP contribution in [0.3, 0.4) is 0 Å². The molecule has 1 heterocycles. The number of carbonyl (C=O) groups is 3. The predicted molar refractivity (Wildman–Crippen MR) is 64.0 cm³/mol. The molecule has 1 atom stereocenters. The lowest BCUT2D eigenvalue weighted by Gasteiger charge is -2.09. The van der Waals surface area contributed by atoms with Crippen molar-refractivity contribution in [2.75, 3.05) is 6.54 Å². The van der Waals surface area contributed by atoms with Crippen LogP contribution in [0.4, 0.5) is 0 Å². The molecule has 1 aliphatic rings. The largest absolute Gasteiger partial charge is 0.354 e. The van der Waals surface area contributed by atoms with Crippen LogP contribution in [-0.4, -0.2) is 36.3 Å². The van der Waals surface area contributed by atoms with Crippen molar-refractivity contribution in [1.29, 1.82) is 0 Å². The van der Waals surface area contributed by atoms with Gasteiger partial charge < -0.3 is 5.32 Å². The van der Waals surface area contributed by atoms with Crippen LogP contribution in [0.25, 0.3) is 0 Å². The van der Waals surface area contributed by atoms with E-state index < -0.39 is 12.0 Å². The second kappa shape index (κ2) is 6.27. The van der Waals surface area contributed by atoms with Crippen molar-refractivity contribution in [2.24, 2.45) is 10.9 Å². The van der Waals surface area contributed by atoms with Crippen molar-refractivity contribution in [3.8, 4) is 0 Å². The number of nitrogens with zero attached hydrogens (tertiary/aromatic N) is 1. The molecule has 17 heavy (non-hydrogen) atoms. The molecule has 0 bridgehead atoms. The van der Waals surface area contributed by atoms with E-state index >= 15 is 0 Å². The molecule has 1 N–H and O–H groups in total. The highest BCUT2D eigenvalue weighted by Gasteiger charge is 2.21. The number of nitrogens with one attached hydrogen (secondary N) is 1. The molecule has 0 aromatic heterocycles. The van der Waals surface area contributed by atoms with Crippen LogP contribution in [0.2, 0.25) is 0 Å². The second-order valence-electron chi connectivity index (χ2n) is 4.30. The van der Waals surface area contributed by atoms with E-state index in [0.717, 1.165) is 12.8 Å². The van der Waals surface area contributed by atoms with Crippen molar-refractivity contribution in [3.63, 3.8) is 0 Å². The molecule has 1 rings (SSSR count). The molecule has 5 nitrogen and oxygen atoms in total. The summed E-state index contributed by atoms with van der Waals surface area (Å²) < 4.78 is 0. The van der Waals surface area contributed by atoms with E-state index in [1.54, 1.807) is 0 Å². The molecule has 5 heteroatoms. The summed E-state index contributed by atoms with van der Waals surface area (Å²) in [6.45, 7) is 3.38. The molecule has 1 saturated heterocycles. The summed E-state index contributed by atoms with van der Waals surface area (Å²) in [7, 11) is 0. The third-order valence-electron chi connectivity index (χ3n) is 2.80. The lowest BCUT2D eigenvalue weighted by Crippen LogP contribution is -2.32. The third kappa shape index (κ3) is 4.09. The summed E-state index contributed by atoms with van der Waals surface area (Å²) in [4.78, 5) is 38.0. The van der Waals surface area contributed by atoms with E-state index in [9.17, 15) is 14.4 Å². The summed E-state index contributed by atoms with van der Waals surface area (Å²) in [6.07, 6.45) is 3.86. The van der Waals surface area contributed by atoms with E-state index in [-0.39, 0.29) is 17.5 Å². The molecule has 0 radical (unpaired) electrons. The number of hydrogen-bond donors (Lipinski definition) is 1. The van der Waals surface area contributed by atoms with Crippen molar-refractivity contribution >= 4 is 23.7 Å². The zero-order chi connectivity index (χ0) is 12.8. The number of ketones is 2. The van der Waals surface area contributed by atoms with Gasteiger partial charge in [-0.1, -0.05) is 0 Å². The van der Waals surface area contributed by atoms with E-state index in [4.69, 9.17) is 0 Å². The van der Waals surface area contributed by atoms with Crippen LogP contribution in [-0.2, 0) is 14.4 Å². The fraction of sp³-hybridized carbons (Fsp3) is 0.667. The predicted octanol–water partition coefficient (Wildman–Crippen LogP) is 0.520. The highest BCUT2D eigenvalue weighted by molar-refractivity contribution is 6.13. The zero-order valence-electron chi connectivity index (χ0n) is 10.2. The Morgan fingerprint density at radius 2 is 2.00 bits per heavy atom. The number of amides is 1. The first-order valence-corrected chi connectivity index (χ1v) is 5.84. The lowest BCUT2D eigenvalue weighted by molar-refractivity contribution is -0.127. The van der Waals surface area contributed by atoms with Gasteiger partial charge in [-0.05, 0) is 33.1 Å². The summed E-state index contributed by atoms with van der Waals surface area (Å²) in [6, 6.07) is -0.460. The van der Waals surface area contributed by atoms with Gasteiger partial charge in [-0.15, -0.1) is 0 Å². The van der Waals surface area contributed by atoms with Crippen molar-refractivity contribution in [3.05, 3.63) is 0 Å². The molecular weight excluding hydrogens is 220 g/mol. The van der Waals surface area contributed by atoms with Gasteiger partial charge in [0.1, 0.15) is 23.5 Å². The molecule has 0 saturated carbocycles. The summed E-state index contributed by atoms with van der Waals surface area (Å²) in [5.41, 5.74) is 0. The van der Waals surface area contributed by atoms with Crippen LogP contribution in [0.1, 0.15) is 33.1 Å². The number of hydrogen-bond acceptors (Lipinski definition) is 4. The molecule has 94 valence electrons. The topological polar surface area (TPSA) is 75.6 Å². The molecule has 0 spiro atoms. The van der Waals surface area contributed by atoms with Gasteiger partial charge in [-0.3, -0.25) is 19.4 Å². The van der Waals surface area contributed by atoms with E-state index in [0.29, 0.717) is 13.0 Å². The molecule has 1 fully saturated rings. The monoisotopic (exact) mass is 238 g/mol. The molecule has 1 amide bonds. The number of rotatable bonds is 4. The van der Waals surface area contributed by atoms with Crippen LogP contribution < -0.4 is 5.32 Å². The molecule has 1 aliphatic heterocycles. The van der Waals surface area contributed by atoms with Crippen LogP contribution >= 0.6 is 0 Å². The fourth-order valence-corrected chi connectivity index (χ4v) is 1.75. The maximum absolute atomic E-state index is 11.6. The Labute approximate surface area is 101 Å². The van der Waals surface area contributed by atoms with Crippen LogP contribution in [0, 0.1) is 5.92 Å². The number of aliphatic imine (C=N–C) groups is 1. The van der Waals surface area contributed by atoms with E-state index in [2.05, 4.69) is 10.3 Å². The summed E-state index contributed by atoms with van der Waals surface area (Å²) in [5.74, 6) is -1.42. The average molecular weight is 238 g/mol. The highest BCUT2D eigenvalue weighted by atomic mass is 16.2. The van der Waals surface area contributed by atoms with Crippen LogP contribution in [0.15, 0.2) is 4.99 Å². The van der Waals surface area contributed by atoms with Gasteiger partial charge in [-0.2, -0.15) is 0 Å². The Bertz CT molecular complexity index is 336. The maximum atomic E-state index is 11.6. The molecule has 0 aromatic carbocycles. The van der Waals surface area contributed by atoms with Gasteiger partial charge in [-0.25, -0.2) is 0 Å². The van der Waals surface area contributed by atoms with Gasteiger partial charge in [0.05, 0.1) is 0 Å². The summed E-state index contributed by atoms with van der Waals surface area (Å²) >= 11 is 0. The van der Waals surface area contributed by atoms with Gasteiger partial charge in [0, 0.05) is 12.8 Å². The Morgan fingerprint density at radius 3 is 2.59 bits per heavy atom. The Balaban J connectivity index is 2.69. The quantitative estimate of drug-likeness (QED) is 0.573. The minimum Gasteiger partial charge on any atom is -0.354 e. The molecule has 0 aromatic rings. The first kappa shape index (κ1) is 13.5. The maximum Gasteiger partial charge on any atom is 0.244 e. The van der Waals surface area contributed by atoms with Gasteiger partial charge in [0.2, 0.25) is 5.91 Å². The Kier molecular flexibility index (Phi) is 5.00. The average Bonchev–Trinajstić information content (AvgIpc) is 2.43. The fourth-order valence-electron chi connectivity index (χ4n) is 1.75. The normalized spacial score (nSPS) is 21.4. The van der Waals surface area contributed by atoms with Crippen molar-refractivity contribution < 1.29 is 14.4 Å². The molecule has 0 aliphatic carbocycles. The second-order valence-corrected chi connectivity index (χ2v) is 4.30. The number of Topliss-reactive ketones (excluding diaryl/α,β-unsaturated/α-hetero) is 2. The molecule has 0 unspecified atom stereocenters. The first-order valence-electron chi connectivity index (χ1n) is 5.84. The minimum atomic E-state index is -0.814. The van der Waals surface area contributed by atoms with Crippen molar-refractivity contribution in [1.82, 2.24) is 5.32 Å². The minimum absolute atomic E-state index is 0.121. The van der Waals surface area contributed by atoms with E-state index in [1.165, 1.54) is 20.1 Å².